The number of hydrogen-bond acceptors (Lipinski definition) is 3. The second kappa shape index (κ2) is 10.3. The highest BCUT2D eigenvalue weighted by molar-refractivity contribution is 6.71. The standard InChI is InChI=1S/C21H34ClN3OSi/c1-5-7-9-20-24-19(16-26-27(3,4)14-8-6-2)21(22)25(20)15-17-10-12-18(23)13-11-17/h10-13H,5-9,14-16,23H2,1-4H3. The molecule has 0 atom stereocenters. The molecular weight excluding hydrogens is 374 g/mol. The third-order valence-electron chi connectivity index (χ3n) is 4.86. The Bertz CT molecular complexity index is 713. The Labute approximate surface area is 170 Å². The predicted octanol–water partition coefficient (Wildman–Crippen LogP) is 6.03. The zero-order valence-electron chi connectivity index (χ0n) is 17.2. The summed E-state index contributed by atoms with van der Waals surface area (Å²) < 4.78 is 8.43. The summed E-state index contributed by atoms with van der Waals surface area (Å²) in [6.07, 6.45) is 5.60. The van der Waals surface area contributed by atoms with Crippen molar-refractivity contribution >= 4 is 25.6 Å². The van der Waals surface area contributed by atoms with E-state index in [9.17, 15) is 0 Å². The number of imidazole rings is 1. The molecule has 0 bridgehead atoms. The van der Waals surface area contributed by atoms with Crippen molar-refractivity contribution in [3.63, 3.8) is 0 Å². The molecule has 0 aliphatic rings. The van der Waals surface area contributed by atoms with Crippen molar-refractivity contribution in [1.29, 1.82) is 0 Å². The van der Waals surface area contributed by atoms with E-state index in [4.69, 9.17) is 26.7 Å². The fourth-order valence-electron chi connectivity index (χ4n) is 3.05. The SMILES string of the molecule is CCCCc1nc(CO[Si](C)(C)CCCC)c(Cl)n1Cc1ccc(N)cc1. The van der Waals surface area contributed by atoms with E-state index in [1.54, 1.807) is 0 Å². The lowest BCUT2D eigenvalue weighted by molar-refractivity contribution is 0.289. The summed E-state index contributed by atoms with van der Waals surface area (Å²) in [6.45, 7) is 10.2. The van der Waals surface area contributed by atoms with Gasteiger partial charge in [0.2, 0.25) is 0 Å². The van der Waals surface area contributed by atoms with Gasteiger partial charge in [-0.25, -0.2) is 4.98 Å². The van der Waals surface area contributed by atoms with Crippen LogP contribution >= 0.6 is 11.6 Å². The number of hydrogen-bond donors (Lipinski definition) is 1. The topological polar surface area (TPSA) is 53.1 Å². The van der Waals surface area contributed by atoms with Crippen molar-refractivity contribution in [2.75, 3.05) is 5.73 Å². The van der Waals surface area contributed by atoms with Crippen LogP contribution < -0.4 is 5.73 Å². The molecule has 0 aliphatic heterocycles. The van der Waals surface area contributed by atoms with Gasteiger partial charge in [-0.15, -0.1) is 0 Å². The number of rotatable bonds is 11. The van der Waals surface area contributed by atoms with E-state index >= 15 is 0 Å². The summed E-state index contributed by atoms with van der Waals surface area (Å²) in [4.78, 5) is 4.85. The van der Waals surface area contributed by atoms with Crippen molar-refractivity contribution < 1.29 is 4.43 Å². The molecular formula is C21H34ClN3OSi. The van der Waals surface area contributed by atoms with E-state index in [2.05, 4.69) is 31.5 Å². The van der Waals surface area contributed by atoms with Crippen LogP contribution in [-0.2, 0) is 24.0 Å². The van der Waals surface area contributed by atoms with E-state index in [1.807, 2.05) is 24.3 Å². The van der Waals surface area contributed by atoms with Gasteiger partial charge in [0.15, 0.2) is 8.32 Å². The van der Waals surface area contributed by atoms with Crippen molar-refractivity contribution in [3.05, 3.63) is 46.5 Å². The average Bonchev–Trinajstić information content (AvgIpc) is 2.94. The molecule has 1 aromatic carbocycles. The van der Waals surface area contributed by atoms with Crippen LogP contribution in [0.5, 0.6) is 0 Å². The van der Waals surface area contributed by atoms with E-state index in [0.29, 0.717) is 18.3 Å². The molecule has 4 nitrogen and oxygen atoms in total. The Kier molecular flexibility index (Phi) is 8.39. The third-order valence-corrected chi connectivity index (χ3v) is 7.76. The number of nitrogens with two attached hydrogens (primary N) is 1. The molecule has 2 rings (SSSR count). The summed E-state index contributed by atoms with van der Waals surface area (Å²) in [5.41, 5.74) is 8.62. The first kappa shape index (κ1) is 22.0. The number of aromatic nitrogens is 2. The molecule has 6 heteroatoms. The minimum Gasteiger partial charge on any atom is -0.411 e. The van der Waals surface area contributed by atoms with Crippen molar-refractivity contribution in [2.24, 2.45) is 0 Å². The highest BCUT2D eigenvalue weighted by atomic mass is 35.5. The number of halogens is 1. The molecule has 2 N–H and O–H groups in total. The maximum Gasteiger partial charge on any atom is 0.187 e. The maximum atomic E-state index is 6.73. The fourth-order valence-corrected chi connectivity index (χ4v) is 5.18. The Balaban J connectivity index is 2.18. The summed E-state index contributed by atoms with van der Waals surface area (Å²) in [6, 6.07) is 9.13. The van der Waals surface area contributed by atoms with Gasteiger partial charge in [-0.05, 0) is 43.3 Å². The first-order chi connectivity index (χ1) is 12.9. The smallest absolute Gasteiger partial charge is 0.187 e. The Hall–Kier alpha value is -1.30. The molecule has 0 spiro atoms. The minimum atomic E-state index is -1.67. The van der Waals surface area contributed by atoms with Gasteiger partial charge in [0.25, 0.3) is 0 Å². The molecule has 0 unspecified atom stereocenters. The monoisotopic (exact) mass is 407 g/mol. The fraction of sp³-hybridized carbons (Fsp3) is 0.571. The zero-order valence-corrected chi connectivity index (χ0v) is 19.0. The van der Waals surface area contributed by atoms with Crippen LogP contribution in [0.2, 0.25) is 24.3 Å². The molecule has 150 valence electrons. The van der Waals surface area contributed by atoms with Gasteiger partial charge >= 0.3 is 0 Å². The number of anilines is 1. The minimum absolute atomic E-state index is 0.510. The average molecular weight is 408 g/mol. The number of nitrogen functional groups attached to an aromatic ring is 1. The number of unbranched alkanes of at least 4 members (excludes halogenated alkanes) is 2. The molecule has 1 aromatic heterocycles. The third kappa shape index (κ3) is 6.66. The lowest BCUT2D eigenvalue weighted by atomic mass is 10.2. The zero-order chi connectivity index (χ0) is 19.9. The summed E-state index contributed by atoms with van der Waals surface area (Å²) in [5.74, 6) is 1.05. The summed E-state index contributed by atoms with van der Waals surface area (Å²) >= 11 is 6.73. The Morgan fingerprint density at radius 3 is 2.41 bits per heavy atom. The molecule has 1 heterocycles. The molecule has 0 radical (unpaired) electrons. The molecule has 0 fully saturated rings. The van der Waals surface area contributed by atoms with Gasteiger partial charge in [-0.2, -0.15) is 0 Å². The van der Waals surface area contributed by atoms with Crippen molar-refractivity contribution in [3.8, 4) is 0 Å². The highest BCUT2D eigenvalue weighted by Crippen LogP contribution is 2.25. The van der Waals surface area contributed by atoms with Gasteiger partial charge in [0.05, 0.1) is 13.2 Å². The van der Waals surface area contributed by atoms with Crippen LogP contribution in [0.4, 0.5) is 5.69 Å². The summed E-state index contributed by atoms with van der Waals surface area (Å²) in [7, 11) is -1.67. The van der Waals surface area contributed by atoms with Crippen molar-refractivity contribution in [2.45, 2.75) is 78.2 Å². The van der Waals surface area contributed by atoms with Crippen LogP contribution in [0.3, 0.4) is 0 Å². The second-order valence-electron chi connectivity index (χ2n) is 7.85. The Morgan fingerprint density at radius 2 is 1.78 bits per heavy atom. The molecule has 0 saturated carbocycles. The number of nitrogens with zero attached hydrogens (tertiary/aromatic N) is 2. The van der Waals surface area contributed by atoms with Gasteiger partial charge in [0, 0.05) is 12.1 Å². The van der Waals surface area contributed by atoms with E-state index in [0.717, 1.165) is 36.5 Å². The molecule has 0 amide bonds. The molecule has 27 heavy (non-hydrogen) atoms. The maximum absolute atomic E-state index is 6.73. The van der Waals surface area contributed by atoms with E-state index in [1.165, 1.54) is 24.4 Å². The quantitative estimate of drug-likeness (QED) is 0.365. The lowest BCUT2D eigenvalue weighted by Gasteiger charge is -2.22. The highest BCUT2D eigenvalue weighted by Gasteiger charge is 2.24. The van der Waals surface area contributed by atoms with E-state index in [-0.39, 0.29) is 0 Å². The summed E-state index contributed by atoms with van der Waals surface area (Å²) in [5, 5.41) is 0.707. The van der Waals surface area contributed by atoms with Gasteiger partial charge in [-0.1, -0.05) is 56.8 Å². The molecule has 0 aliphatic carbocycles. The van der Waals surface area contributed by atoms with Gasteiger partial charge in [-0.3, -0.25) is 0 Å². The van der Waals surface area contributed by atoms with Crippen molar-refractivity contribution in [1.82, 2.24) is 9.55 Å². The first-order valence-electron chi connectivity index (χ1n) is 10.1. The largest absolute Gasteiger partial charge is 0.411 e. The van der Waals surface area contributed by atoms with Crippen LogP contribution in [0, 0.1) is 0 Å². The van der Waals surface area contributed by atoms with Gasteiger partial charge < -0.3 is 14.7 Å². The number of aryl methyl sites for hydroxylation is 1. The predicted molar refractivity (Wildman–Crippen MR) is 118 cm³/mol. The normalized spacial score (nSPS) is 11.9. The van der Waals surface area contributed by atoms with Crippen LogP contribution in [-0.4, -0.2) is 17.9 Å². The van der Waals surface area contributed by atoms with Crippen LogP contribution in [0.15, 0.2) is 24.3 Å². The lowest BCUT2D eigenvalue weighted by Crippen LogP contribution is -2.29. The van der Waals surface area contributed by atoms with Crippen LogP contribution in [0.25, 0.3) is 0 Å². The molecule has 0 saturated heterocycles. The van der Waals surface area contributed by atoms with Crippen LogP contribution in [0.1, 0.15) is 56.6 Å². The van der Waals surface area contributed by atoms with E-state index < -0.39 is 8.32 Å². The second-order valence-corrected chi connectivity index (χ2v) is 12.5. The number of benzene rings is 1. The Morgan fingerprint density at radius 1 is 1.11 bits per heavy atom. The van der Waals surface area contributed by atoms with Gasteiger partial charge in [0.1, 0.15) is 16.7 Å². The first-order valence-corrected chi connectivity index (χ1v) is 13.6. The molecule has 2 aromatic rings.